The molecular formula is C27H31N3O3S. The summed E-state index contributed by atoms with van der Waals surface area (Å²) in [7, 11) is 3.37. The normalized spacial score (nSPS) is 13.3. The molecule has 1 amide bonds. The number of ether oxygens (including phenoxy) is 2. The van der Waals surface area contributed by atoms with Gasteiger partial charge in [-0.25, -0.2) is 0 Å². The zero-order valence-corrected chi connectivity index (χ0v) is 21.0. The van der Waals surface area contributed by atoms with Crippen LogP contribution in [-0.4, -0.2) is 42.8 Å². The van der Waals surface area contributed by atoms with Gasteiger partial charge in [-0.2, -0.15) is 0 Å². The SMILES string of the molecule is COc1ccc(OC)c(CN2CCc3c(cnc(C)c3CNC(=O)c3ccccc3SC)C2)c1. The maximum absolute atomic E-state index is 12.9. The summed E-state index contributed by atoms with van der Waals surface area (Å²) in [6, 6.07) is 13.6. The molecule has 1 aliphatic heterocycles. The first-order valence-corrected chi connectivity index (χ1v) is 12.6. The smallest absolute Gasteiger partial charge is 0.252 e. The molecule has 0 unspecified atom stereocenters. The zero-order chi connectivity index (χ0) is 24.1. The molecule has 7 heteroatoms. The van der Waals surface area contributed by atoms with Crippen LogP contribution in [0.25, 0.3) is 0 Å². The Bertz CT molecular complexity index is 1180. The predicted octanol–water partition coefficient (Wildman–Crippen LogP) is 4.62. The molecule has 2 aromatic carbocycles. The molecular weight excluding hydrogens is 446 g/mol. The molecule has 1 N–H and O–H groups in total. The van der Waals surface area contributed by atoms with Crippen molar-refractivity contribution >= 4 is 17.7 Å². The second-order valence-electron chi connectivity index (χ2n) is 8.35. The van der Waals surface area contributed by atoms with Crippen LogP contribution in [0.4, 0.5) is 0 Å². The van der Waals surface area contributed by atoms with E-state index in [2.05, 4.69) is 15.2 Å². The van der Waals surface area contributed by atoms with E-state index in [9.17, 15) is 4.79 Å². The van der Waals surface area contributed by atoms with E-state index in [1.165, 1.54) is 11.1 Å². The summed E-state index contributed by atoms with van der Waals surface area (Å²) in [4.78, 5) is 20.9. The van der Waals surface area contributed by atoms with Gasteiger partial charge < -0.3 is 14.8 Å². The van der Waals surface area contributed by atoms with Crippen molar-refractivity contribution in [3.8, 4) is 11.5 Å². The van der Waals surface area contributed by atoms with Gasteiger partial charge >= 0.3 is 0 Å². The summed E-state index contributed by atoms with van der Waals surface area (Å²) in [6.45, 7) is 5.00. The lowest BCUT2D eigenvalue weighted by Gasteiger charge is -2.31. The Balaban J connectivity index is 1.49. The molecule has 0 spiro atoms. The number of carbonyl (C=O) groups excluding carboxylic acids is 1. The average Bonchev–Trinajstić information content (AvgIpc) is 2.87. The van der Waals surface area contributed by atoms with Gasteiger partial charge in [0.1, 0.15) is 11.5 Å². The van der Waals surface area contributed by atoms with E-state index in [0.29, 0.717) is 12.1 Å². The molecule has 1 aliphatic rings. The minimum atomic E-state index is -0.0514. The zero-order valence-electron chi connectivity index (χ0n) is 20.2. The molecule has 0 radical (unpaired) electrons. The Morgan fingerprint density at radius 2 is 2.00 bits per heavy atom. The van der Waals surface area contributed by atoms with Gasteiger partial charge in [0.05, 0.1) is 19.8 Å². The molecule has 6 nitrogen and oxygen atoms in total. The predicted molar refractivity (Wildman–Crippen MR) is 136 cm³/mol. The molecule has 0 atom stereocenters. The summed E-state index contributed by atoms with van der Waals surface area (Å²) in [5.41, 5.74) is 6.44. The van der Waals surface area contributed by atoms with E-state index >= 15 is 0 Å². The number of nitrogens with one attached hydrogen (secondary N) is 1. The van der Waals surface area contributed by atoms with Crippen LogP contribution in [0.1, 0.15) is 38.3 Å². The number of aryl methyl sites for hydroxylation is 1. The van der Waals surface area contributed by atoms with Crippen LogP contribution in [0.15, 0.2) is 53.6 Å². The van der Waals surface area contributed by atoms with Crippen molar-refractivity contribution in [2.24, 2.45) is 0 Å². The van der Waals surface area contributed by atoms with Crippen molar-refractivity contribution in [3.05, 3.63) is 82.2 Å². The molecule has 1 aromatic heterocycles. The molecule has 0 fully saturated rings. The quantitative estimate of drug-likeness (QED) is 0.478. The topological polar surface area (TPSA) is 63.7 Å². The number of fused-ring (bicyclic) bond motifs is 1. The Morgan fingerprint density at radius 1 is 1.18 bits per heavy atom. The first-order chi connectivity index (χ1) is 16.5. The van der Waals surface area contributed by atoms with Crippen molar-refractivity contribution in [1.82, 2.24) is 15.2 Å². The molecule has 2 heterocycles. The third kappa shape index (κ3) is 5.21. The van der Waals surface area contributed by atoms with Gasteiger partial charge in [-0.15, -0.1) is 11.8 Å². The minimum Gasteiger partial charge on any atom is -0.497 e. The number of benzene rings is 2. The van der Waals surface area contributed by atoms with Crippen LogP contribution in [0.5, 0.6) is 11.5 Å². The van der Waals surface area contributed by atoms with E-state index in [1.807, 2.05) is 61.8 Å². The highest BCUT2D eigenvalue weighted by Gasteiger charge is 2.22. The highest BCUT2D eigenvalue weighted by Crippen LogP contribution is 2.29. The first-order valence-electron chi connectivity index (χ1n) is 11.3. The number of pyridine rings is 1. The fourth-order valence-electron chi connectivity index (χ4n) is 4.49. The van der Waals surface area contributed by atoms with E-state index in [1.54, 1.807) is 26.0 Å². The highest BCUT2D eigenvalue weighted by atomic mass is 32.2. The molecule has 4 rings (SSSR count). The van der Waals surface area contributed by atoms with Gasteiger partial charge in [-0.1, -0.05) is 12.1 Å². The minimum absolute atomic E-state index is 0.0514. The number of amides is 1. The van der Waals surface area contributed by atoms with Crippen molar-refractivity contribution in [3.63, 3.8) is 0 Å². The van der Waals surface area contributed by atoms with E-state index in [-0.39, 0.29) is 5.91 Å². The summed E-state index contributed by atoms with van der Waals surface area (Å²) >= 11 is 1.58. The first kappa shape index (κ1) is 24.1. The van der Waals surface area contributed by atoms with Crippen molar-refractivity contribution < 1.29 is 14.3 Å². The summed E-state index contributed by atoms with van der Waals surface area (Å²) in [5.74, 6) is 1.64. The van der Waals surface area contributed by atoms with Crippen molar-refractivity contribution in [2.75, 3.05) is 27.0 Å². The monoisotopic (exact) mass is 477 g/mol. The van der Waals surface area contributed by atoms with E-state index in [4.69, 9.17) is 9.47 Å². The fraction of sp³-hybridized carbons (Fsp3) is 0.333. The lowest BCUT2D eigenvalue weighted by molar-refractivity contribution is 0.0947. The lowest BCUT2D eigenvalue weighted by Crippen LogP contribution is -2.32. The van der Waals surface area contributed by atoms with E-state index < -0.39 is 0 Å². The number of rotatable bonds is 8. The van der Waals surface area contributed by atoms with Gasteiger partial charge in [-0.3, -0.25) is 14.7 Å². The number of carbonyl (C=O) groups is 1. The van der Waals surface area contributed by atoms with Gasteiger partial charge in [-0.05, 0) is 66.6 Å². The molecule has 0 bridgehead atoms. The van der Waals surface area contributed by atoms with Gasteiger partial charge in [0.15, 0.2) is 0 Å². The van der Waals surface area contributed by atoms with Crippen LogP contribution in [-0.2, 0) is 26.1 Å². The third-order valence-corrected chi connectivity index (χ3v) is 7.13. The Kier molecular flexibility index (Phi) is 7.75. The Morgan fingerprint density at radius 3 is 2.76 bits per heavy atom. The summed E-state index contributed by atoms with van der Waals surface area (Å²) in [5, 5.41) is 3.12. The molecule has 3 aromatic rings. The number of thioether (sulfide) groups is 1. The third-order valence-electron chi connectivity index (χ3n) is 6.33. The second kappa shape index (κ2) is 10.9. The maximum atomic E-state index is 12.9. The number of nitrogens with zero attached hydrogens (tertiary/aromatic N) is 2. The van der Waals surface area contributed by atoms with Crippen molar-refractivity contribution in [1.29, 1.82) is 0 Å². The molecule has 178 valence electrons. The van der Waals surface area contributed by atoms with E-state index in [0.717, 1.165) is 59.3 Å². The van der Waals surface area contributed by atoms with Crippen LogP contribution >= 0.6 is 11.8 Å². The number of methoxy groups -OCH3 is 2. The van der Waals surface area contributed by atoms with Crippen LogP contribution in [0.2, 0.25) is 0 Å². The average molecular weight is 478 g/mol. The molecule has 34 heavy (non-hydrogen) atoms. The van der Waals surface area contributed by atoms with Crippen LogP contribution in [0, 0.1) is 6.92 Å². The van der Waals surface area contributed by atoms with Gasteiger partial charge in [0.25, 0.3) is 5.91 Å². The molecule has 0 aliphatic carbocycles. The molecule has 0 saturated carbocycles. The maximum Gasteiger partial charge on any atom is 0.252 e. The van der Waals surface area contributed by atoms with Gasteiger partial charge in [0.2, 0.25) is 0 Å². The second-order valence-corrected chi connectivity index (χ2v) is 9.20. The number of aromatic nitrogens is 1. The number of hydrogen-bond donors (Lipinski definition) is 1. The standard InChI is InChI=1S/C27H31N3O3S/c1-18-24(15-29-27(31)23-7-5-6-8-26(23)34-4)22-11-12-30(17-20(22)14-28-18)16-19-13-21(32-2)9-10-25(19)33-3/h5-10,13-14H,11-12,15-17H2,1-4H3,(H,29,31). The summed E-state index contributed by atoms with van der Waals surface area (Å²) < 4.78 is 11.0. The van der Waals surface area contributed by atoms with Crippen LogP contribution in [0.3, 0.4) is 0 Å². The van der Waals surface area contributed by atoms with Crippen LogP contribution < -0.4 is 14.8 Å². The number of hydrogen-bond acceptors (Lipinski definition) is 6. The lowest BCUT2D eigenvalue weighted by atomic mass is 9.94. The molecule has 0 saturated heterocycles. The largest absolute Gasteiger partial charge is 0.497 e. The highest BCUT2D eigenvalue weighted by molar-refractivity contribution is 7.98. The fourth-order valence-corrected chi connectivity index (χ4v) is 5.09. The Hall–Kier alpha value is -3.03. The summed E-state index contributed by atoms with van der Waals surface area (Å²) in [6.07, 6.45) is 4.88. The van der Waals surface area contributed by atoms with Crippen molar-refractivity contribution in [2.45, 2.75) is 37.9 Å². The Labute approximate surface area is 205 Å². The van der Waals surface area contributed by atoms with Gasteiger partial charge in [0, 0.05) is 48.5 Å².